The van der Waals surface area contributed by atoms with Gasteiger partial charge in [0.1, 0.15) is 6.04 Å². The molecule has 17 heavy (non-hydrogen) atoms. The van der Waals surface area contributed by atoms with E-state index in [-0.39, 0.29) is 11.8 Å². The average Bonchev–Trinajstić information content (AvgIpc) is 2.63. The molecule has 94 valence electrons. The lowest BCUT2D eigenvalue weighted by molar-refractivity contribution is -0.139. The molecule has 0 aliphatic rings. The smallest absolute Gasteiger partial charge is 0.326 e. The Bertz CT molecular complexity index is 417. The fraction of sp³-hybridized carbons (Fsp3) is 0.455. The Kier molecular flexibility index (Phi) is 5.14. The molecule has 0 radical (unpaired) electrons. The first kappa shape index (κ1) is 14.2. The Hall–Kier alpha value is -0.880. The summed E-state index contributed by atoms with van der Waals surface area (Å²) in [5, 5.41) is 13.2. The number of aliphatic carboxylic acids is 1. The monoisotopic (exact) mass is 319 g/mol. The van der Waals surface area contributed by atoms with Crippen LogP contribution in [-0.2, 0) is 4.79 Å². The molecule has 0 unspecified atom stereocenters. The molecule has 0 fully saturated rings. The third-order valence-corrected chi connectivity index (χ3v) is 3.64. The van der Waals surface area contributed by atoms with Crippen molar-refractivity contribution in [3.8, 4) is 0 Å². The highest BCUT2D eigenvalue weighted by Gasteiger charge is 2.22. The Morgan fingerprint density at radius 2 is 2.18 bits per heavy atom. The number of carboxylic acid groups (broad SMARTS) is 1. The van der Waals surface area contributed by atoms with Gasteiger partial charge in [0, 0.05) is 5.38 Å². The molecule has 0 aromatic carbocycles. The SMILES string of the molecule is CC(C)C[C@@H](NC(=O)c1csc(Br)c1)C(=O)O. The van der Waals surface area contributed by atoms with Crippen LogP contribution in [0.2, 0.25) is 0 Å². The van der Waals surface area contributed by atoms with Crippen LogP contribution in [0.25, 0.3) is 0 Å². The molecule has 0 spiro atoms. The highest BCUT2D eigenvalue weighted by Crippen LogP contribution is 2.20. The third-order valence-electron chi connectivity index (χ3n) is 2.14. The van der Waals surface area contributed by atoms with E-state index in [0.717, 1.165) is 3.79 Å². The lowest BCUT2D eigenvalue weighted by Gasteiger charge is -2.15. The number of carbonyl (C=O) groups is 2. The number of carboxylic acids is 1. The van der Waals surface area contributed by atoms with Crippen molar-refractivity contribution in [2.24, 2.45) is 5.92 Å². The molecule has 1 heterocycles. The average molecular weight is 320 g/mol. The Morgan fingerprint density at radius 3 is 2.59 bits per heavy atom. The lowest BCUT2D eigenvalue weighted by Crippen LogP contribution is -2.41. The molecule has 1 amide bonds. The number of hydrogen-bond acceptors (Lipinski definition) is 3. The van der Waals surface area contributed by atoms with E-state index < -0.39 is 12.0 Å². The maximum atomic E-state index is 11.8. The first-order valence-corrected chi connectivity index (χ1v) is 6.85. The summed E-state index contributed by atoms with van der Waals surface area (Å²) in [7, 11) is 0. The molecular formula is C11H14BrNO3S. The van der Waals surface area contributed by atoms with Crippen molar-refractivity contribution in [3.63, 3.8) is 0 Å². The Balaban J connectivity index is 2.67. The van der Waals surface area contributed by atoms with Gasteiger partial charge >= 0.3 is 5.97 Å². The highest BCUT2D eigenvalue weighted by atomic mass is 79.9. The predicted octanol–water partition coefficient (Wildman–Crippen LogP) is 2.74. The Morgan fingerprint density at radius 1 is 1.53 bits per heavy atom. The van der Waals surface area contributed by atoms with Gasteiger partial charge < -0.3 is 10.4 Å². The van der Waals surface area contributed by atoms with E-state index in [0.29, 0.717) is 12.0 Å². The fourth-order valence-electron chi connectivity index (χ4n) is 1.36. The van der Waals surface area contributed by atoms with Crippen molar-refractivity contribution in [2.75, 3.05) is 0 Å². The zero-order valence-corrected chi connectivity index (χ0v) is 12.0. The van der Waals surface area contributed by atoms with E-state index in [1.807, 2.05) is 13.8 Å². The summed E-state index contributed by atoms with van der Waals surface area (Å²) in [6.45, 7) is 3.84. The molecular weight excluding hydrogens is 306 g/mol. The van der Waals surface area contributed by atoms with Crippen LogP contribution < -0.4 is 5.32 Å². The molecule has 0 saturated carbocycles. The van der Waals surface area contributed by atoms with Crippen LogP contribution in [0, 0.1) is 5.92 Å². The highest BCUT2D eigenvalue weighted by molar-refractivity contribution is 9.11. The van der Waals surface area contributed by atoms with Crippen LogP contribution in [0.5, 0.6) is 0 Å². The van der Waals surface area contributed by atoms with E-state index in [9.17, 15) is 9.59 Å². The van der Waals surface area contributed by atoms with Gasteiger partial charge in [0.05, 0.1) is 9.35 Å². The molecule has 1 aromatic rings. The molecule has 0 saturated heterocycles. The van der Waals surface area contributed by atoms with Crippen molar-refractivity contribution >= 4 is 39.1 Å². The number of carbonyl (C=O) groups excluding carboxylic acids is 1. The van der Waals surface area contributed by atoms with Crippen LogP contribution in [0.3, 0.4) is 0 Å². The van der Waals surface area contributed by atoms with Gasteiger partial charge in [0.2, 0.25) is 0 Å². The number of hydrogen-bond donors (Lipinski definition) is 2. The maximum absolute atomic E-state index is 11.8. The van der Waals surface area contributed by atoms with Crippen molar-refractivity contribution in [3.05, 3.63) is 20.8 Å². The molecule has 0 aliphatic heterocycles. The minimum Gasteiger partial charge on any atom is -0.480 e. The van der Waals surface area contributed by atoms with Crippen molar-refractivity contribution in [2.45, 2.75) is 26.3 Å². The number of halogens is 1. The Labute approximate surface area is 112 Å². The number of nitrogens with one attached hydrogen (secondary N) is 1. The van der Waals surface area contributed by atoms with Gasteiger partial charge in [-0.3, -0.25) is 4.79 Å². The number of rotatable bonds is 5. The van der Waals surface area contributed by atoms with Gasteiger partial charge in [-0.2, -0.15) is 0 Å². The predicted molar refractivity (Wildman–Crippen MR) is 70.4 cm³/mol. The molecule has 4 nitrogen and oxygen atoms in total. The summed E-state index contributed by atoms with van der Waals surface area (Å²) in [6, 6.07) is 0.843. The second-order valence-electron chi connectivity index (χ2n) is 4.13. The van der Waals surface area contributed by atoms with Crippen LogP contribution in [0.1, 0.15) is 30.6 Å². The number of amides is 1. The standard InChI is InChI=1S/C11H14BrNO3S/c1-6(2)3-8(11(15)16)13-10(14)7-4-9(12)17-5-7/h4-6,8H,3H2,1-2H3,(H,13,14)(H,15,16)/t8-/m1/s1. The van der Waals surface area contributed by atoms with Crippen LogP contribution in [-0.4, -0.2) is 23.0 Å². The van der Waals surface area contributed by atoms with Crippen LogP contribution in [0.4, 0.5) is 0 Å². The normalized spacial score (nSPS) is 12.5. The lowest BCUT2D eigenvalue weighted by atomic mass is 10.0. The third kappa shape index (κ3) is 4.47. The zero-order chi connectivity index (χ0) is 13.0. The largest absolute Gasteiger partial charge is 0.480 e. The minimum atomic E-state index is -0.999. The summed E-state index contributed by atoms with van der Waals surface area (Å²) in [5.74, 6) is -1.13. The van der Waals surface area contributed by atoms with Gasteiger partial charge in [-0.25, -0.2) is 4.79 Å². The quantitative estimate of drug-likeness (QED) is 0.877. The van der Waals surface area contributed by atoms with E-state index in [1.54, 1.807) is 11.4 Å². The first-order valence-electron chi connectivity index (χ1n) is 5.18. The van der Waals surface area contributed by atoms with Gasteiger partial charge in [-0.05, 0) is 34.3 Å². The summed E-state index contributed by atoms with van der Waals surface area (Å²) in [4.78, 5) is 22.8. The van der Waals surface area contributed by atoms with Crippen molar-refractivity contribution in [1.29, 1.82) is 0 Å². The molecule has 1 rings (SSSR count). The number of thiophene rings is 1. The van der Waals surface area contributed by atoms with Crippen molar-refractivity contribution in [1.82, 2.24) is 5.32 Å². The first-order chi connectivity index (χ1) is 7.90. The molecule has 1 atom stereocenters. The van der Waals surface area contributed by atoms with E-state index in [2.05, 4.69) is 21.2 Å². The van der Waals surface area contributed by atoms with E-state index in [1.165, 1.54) is 11.3 Å². The molecule has 0 bridgehead atoms. The molecule has 1 aromatic heterocycles. The van der Waals surface area contributed by atoms with E-state index in [4.69, 9.17) is 5.11 Å². The molecule has 0 aliphatic carbocycles. The van der Waals surface area contributed by atoms with Crippen LogP contribution >= 0.6 is 27.3 Å². The zero-order valence-electron chi connectivity index (χ0n) is 9.57. The van der Waals surface area contributed by atoms with Gasteiger partial charge in [0.25, 0.3) is 5.91 Å². The van der Waals surface area contributed by atoms with E-state index >= 15 is 0 Å². The molecule has 2 N–H and O–H groups in total. The summed E-state index contributed by atoms with van der Waals surface area (Å²) in [6.07, 6.45) is 0.423. The summed E-state index contributed by atoms with van der Waals surface area (Å²) in [5.41, 5.74) is 0.483. The topological polar surface area (TPSA) is 66.4 Å². The van der Waals surface area contributed by atoms with Gasteiger partial charge in [0.15, 0.2) is 0 Å². The summed E-state index contributed by atoms with van der Waals surface area (Å²) < 4.78 is 0.846. The maximum Gasteiger partial charge on any atom is 0.326 e. The van der Waals surface area contributed by atoms with Crippen LogP contribution in [0.15, 0.2) is 15.2 Å². The second-order valence-corrected chi connectivity index (χ2v) is 6.42. The van der Waals surface area contributed by atoms with Crippen molar-refractivity contribution < 1.29 is 14.7 Å². The molecule has 6 heteroatoms. The second kappa shape index (κ2) is 6.16. The van der Waals surface area contributed by atoms with Gasteiger partial charge in [-0.15, -0.1) is 11.3 Å². The summed E-state index contributed by atoms with van der Waals surface area (Å²) >= 11 is 4.65. The van der Waals surface area contributed by atoms with Gasteiger partial charge in [-0.1, -0.05) is 13.8 Å². The minimum absolute atomic E-state index is 0.214. The fourth-order valence-corrected chi connectivity index (χ4v) is 2.50.